The second-order valence-electron chi connectivity index (χ2n) is 9.24. The third-order valence-corrected chi connectivity index (χ3v) is 6.88. The molecule has 0 fully saturated rings. The van der Waals surface area contributed by atoms with Gasteiger partial charge in [-0.25, -0.2) is 0 Å². The first kappa shape index (κ1) is 23.3. The molecule has 1 aliphatic carbocycles. The Morgan fingerprint density at radius 1 is 0.500 bits per heavy atom. The predicted molar refractivity (Wildman–Crippen MR) is 142 cm³/mol. The van der Waals surface area contributed by atoms with Crippen LogP contribution in [0.4, 0.5) is 0 Å². The molecule has 0 aliphatic heterocycles. The van der Waals surface area contributed by atoms with Crippen molar-refractivity contribution in [3.8, 4) is 17.2 Å². The van der Waals surface area contributed by atoms with Crippen LogP contribution >= 0.6 is 0 Å². The van der Waals surface area contributed by atoms with Gasteiger partial charge in [-0.3, -0.25) is 0 Å². The first-order valence-electron chi connectivity index (χ1n) is 12.0. The topological polar surface area (TPSA) is 80.9 Å². The molecule has 0 heterocycles. The zero-order valence-electron chi connectivity index (χ0n) is 19.7. The molecule has 0 radical (unpaired) electrons. The maximum Gasteiger partial charge on any atom is 0.115 e. The van der Waals surface area contributed by atoms with Gasteiger partial charge in [0, 0.05) is 11.8 Å². The highest BCUT2D eigenvalue weighted by molar-refractivity contribution is 5.47. The minimum absolute atomic E-state index is 0.0565. The summed E-state index contributed by atoms with van der Waals surface area (Å²) in [6, 6.07) is 30.3. The molecular weight excluding hydrogens is 448 g/mol. The van der Waals surface area contributed by atoms with Crippen LogP contribution in [0.15, 0.2) is 121 Å². The first-order chi connectivity index (χ1) is 17.5. The van der Waals surface area contributed by atoms with Crippen molar-refractivity contribution >= 4 is 0 Å². The van der Waals surface area contributed by atoms with Gasteiger partial charge in [-0.1, -0.05) is 66.7 Å². The van der Waals surface area contributed by atoms with Crippen LogP contribution in [0, 0.1) is 5.92 Å². The summed E-state index contributed by atoms with van der Waals surface area (Å²) < 4.78 is 0. The Morgan fingerprint density at radius 3 is 1.25 bits per heavy atom. The predicted octanol–water partition coefficient (Wildman–Crippen LogP) is 7.13. The van der Waals surface area contributed by atoms with Gasteiger partial charge in [-0.2, -0.15) is 0 Å². The van der Waals surface area contributed by atoms with Crippen LogP contribution in [0.5, 0.6) is 17.2 Å². The lowest BCUT2D eigenvalue weighted by Crippen LogP contribution is -2.14. The number of aromatic hydroxyl groups is 3. The third kappa shape index (κ3) is 4.98. The summed E-state index contributed by atoms with van der Waals surface area (Å²) in [4.78, 5) is 0. The van der Waals surface area contributed by atoms with E-state index in [4.69, 9.17) is 0 Å². The average Bonchev–Trinajstić information content (AvgIpc) is 2.90. The Morgan fingerprint density at radius 2 is 0.861 bits per heavy atom. The van der Waals surface area contributed by atoms with Crippen LogP contribution in [-0.2, 0) is 0 Å². The lowest BCUT2D eigenvalue weighted by Gasteiger charge is -2.27. The van der Waals surface area contributed by atoms with Crippen molar-refractivity contribution in [3.63, 3.8) is 0 Å². The van der Waals surface area contributed by atoms with Gasteiger partial charge in [0.15, 0.2) is 0 Å². The molecule has 36 heavy (non-hydrogen) atoms. The third-order valence-electron chi connectivity index (χ3n) is 6.88. The molecule has 1 aliphatic rings. The molecule has 0 saturated heterocycles. The zero-order chi connectivity index (χ0) is 25.1. The number of rotatable bonds is 6. The van der Waals surface area contributed by atoms with Crippen LogP contribution in [0.2, 0.25) is 0 Å². The number of aliphatic hydroxyl groups is 1. The van der Waals surface area contributed by atoms with Gasteiger partial charge in [0.05, 0.1) is 0 Å². The fourth-order valence-corrected chi connectivity index (χ4v) is 5.05. The Kier molecular flexibility index (Phi) is 6.50. The maximum atomic E-state index is 9.84. The first-order valence-corrected chi connectivity index (χ1v) is 12.0. The van der Waals surface area contributed by atoms with Crippen LogP contribution in [0.1, 0.15) is 46.1 Å². The Labute approximate surface area is 210 Å². The lowest BCUT2D eigenvalue weighted by atomic mass is 9.76. The largest absolute Gasteiger partial charge is 0.508 e. The van der Waals surface area contributed by atoms with Gasteiger partial charge in [-0.05, 0) is 88.7 Å². The van der Waals surface area contributed by atoms with Gasteiger partial charge < -0.3 is 20.4 Å². The molecule has 4 N–H and O–H groups in total. The minimum Gasteiger partial charge on any atom is -0.508 e. The summed E-state index contributed by atoms with van der Waals surface area (Å²) in [5, 5.41) is 39.3. The number of allylic oxidation sites excluding steroid dienone is 3. The molecule has 0 amide bonds. The van der Waals surface area contributed by atoms with E-state index >= 15 is 0 Å². The van der Waals surface area contributed by atoms with Gasteiger partial charge >= 0.3 is 0 Å². The van der Waals surface area contributed by atoms with Gasteiger partial charge in [0.2, 0.25) is 0 Å². The number of hydrogen-bond acceptors (Lipinski definition) is 4. The molecule has 4 aromatic rings. The van der Waals surface area contributed by atoms with E-state index < -0.39 is 0 Å². The summed E-state index contributed by atoms with van der Waals surface area (Å²) in [7, 11) is 0. The highest BCUT2D eigenvalue weighted by Gasteiger charge is 2.25. The summed E-state index contributed by atoms with van der Waals surface area (Å²) in [6.45, 7) is 0. The van der Waals surface area contributed by atoms with Gasteiger partial charge in [0.25, 0.3) is 0 Å². The van der Waals surface area contributed by atoms with Crippen molar-refractivity contribution in [2.45, 2.75) is 18.3 Å². The second kappa shape index (κ2) is 10.0. The molecule has 0 aromatic heterocycles. The Hall–Kier alpha value is -4.44. The SMILES string of the molecule is OC1=CCC(C(c2ccc(O)cc2)c2ccc(C(c3ccc(O)cc3)c3ccc(O)cc3)cc2)C=C1. The molecule has 5 rings (SSSR count). The highest BCUT2D eigenvalue weighted by atomic mass is 16.3. The highest BCUT2D eigenvalue weighted by Crippen LogP contribution is 2.39. The lowest BCUT2D eigenvalue weighted by molar-refractivity contribution is 0.417. The molecule has 0 saturated carbocycles. The molecule has 2 unspecified atom stereocenters. The van der Waals surface area contributed by atoms with Crippen molar-refractivity contribution in [2.75, 3.05) is 0 Å². The average molecular weight is 477 g/mol. The Balaban J connectivity index is 1.54. The molecule has 4 nitrogen and oxygen atoms in total. The summed E-state index contributed by atoms with van der Waals surface area (Å²) >= 11 is 0. The quantitative estimate of drug-likeness (QED) is 0.223. The number of phenolic OH excluding ortho intramolecular Hbond substituents is 3. The van der Waals surface area contributed by atoms with Crippen molar-refractivity contribution in [1.29, 1.82) is 0 Å². The van der Waals surface area contributed by atoms with Gasteiger partial charge in [0.1, 0.15) is 23.0 Å². The number of hydrogen-bond donors (Lipinski definition) is 4. The maximum absolute atomic E-state index is 9.84. The van der Waals surface area contributed by atoms with E-state index in [1.54, 1.807) is 42.5 Å². The molecule has 4 aromatic carbocycles. The van der Waals surface area contributed by atoms with Crippen LogP contribution in [0.25, 0.3) is 0 Å². The standard InChI is InChI=1S/C32H28O4/c33-27-13-5-23(6-14-27)31(24-7-15-28(34)16-8-24)21-1-2-22(4-3-21)32(25-9-17-29(35)18-10-25)26-11-19-30(36)20-12-26/h1-11,13-20,26,31-36H,12H2. The van der Waals surface area contributed by atoms with Gasteiger partial charge in [-0.15, -0.1) is 0 Å². The molecule has 180 valence electrons. The normalized spacial score (nSPS) is 16.0. The van der Waals surface area contributed by atoms with E-state index in [1.807, 2.05) is 42.5 Å². The van der Waals surface area contributed by atoms with Crippen molar-refractivity contribution in [1.82, 2.24) is 0 Å². The molecule has 2 atom stereocenters. The molecule has 4 heteroatoms. The van der Waals surface area contributed by atoms with E-state index in [2.05, 4.69) is 30.3 Å². The fourth-order valence-electron chi connectivity index (χ4n) is 5.05. The van der Waals surface area contributed by atoms with Crippen molar-refractivity contribution < 1.29 is 20.4 Å². The van der Waals surface area contributed by atoms with Crippen molar-refractivity contribution in [3.05, 3.63) is 149 Å². The molecular formula is C32H28O4. The minimum atomic E-state index is -0.0678. The van der Waals surface area contributed by atoms with E-state index in [0.717, 1.165) is 34.2 Å². The molecule has 0 bridgehead atoms. The van der Waals surface area contributed by atoms with Crippen LogP contribution < -0.4 is 0 Å². The number of aliphatic hydroxyl groups excluding tert-OH is 1. The summed E-state index contributed by atoms with van der Waals surface area (Å²) in [5.41, 5.74) is 5.41. The van der Waals surface area contributed by atoms with Crippen molar-refractivity contribution in [2.24, 2.45) is 5.92 Å². The zero-order valence-corrected chi connectivity index (χ0v) is 19.7. The summed E-state index contributed by atoms with van der Waals surface area (Å²) in [5.74, 6) is 1.11. The monoisotopic (exact) mass is 476 g/mol. The Bertz CT molecular complexity index is 1320. The number of benzene rings is 4. The molecule has 0 spiro atoms. The van der Waals surface area contributed by atoms with Crippen LogP contribution in [-0.4, -0.2) is 20.4 Å². The fraction of sp³-hybridized carbons (Fsp3) is 0.125. The van der Waals surface area contributed by atoms with E-state index in [1.165, 1.54) is 0 Å². The van der Waals surface area contributed by atoms with E-state index in [-0.39, 0.29) is 40.8 Å². The van der Waals surface area contributed by atoms with E-state index in [9.17, 15) is 20.4 Å². The summed E-state index contributed by atoms with van der Waals surface area (Å²) in [6.07, 6.45) is 6.37. The smallest absolute Gasteiger partial charge is 0.115 e. The number of phenols is 3. The van der Waals surface area contributed by atoms with E-state index in [0.29, 0.717) is 0 Å². The van der Waals surface area contributed by atoms with Crippen LogP contribution in [0.3, 0.4) is 0 Å². The second-order valence-corrected chi connectivity index (χ2v) is 9.24.